The average molecular weight is 494 g/mol. The number of amides is 2. The van der Waals surface area contributed by atoms with Crippen molar-refractivity contribution in [2.75, 3.05) is 56.9 Å². The third-order valence-electron chi connectivity index (χ3n) is 6.75. The Morgan fingerprint density at radius 2 is 1.75 bits per heavy atom. The number of nitrogens with zero attached hydrogens (tertiary/aromatic N) is 5. The third-order valence-corrected chi connectivity index (χ3v) is 6.75. The van der Waals surface area contributed by atoms with Crippen LogP contribution in [-0.2, 0) is 11.3 Å². The number of urea groups is 1. The van der Waals surface area contributed by atoms with Crippen molar-refractivity contribution in [1.82, 2.24) is 9.88 Å². The number of ether oxygens (including phenoxy) is 3. The smallest absolute Gasteiger partial charge is 0.330 e. The van der Waals surface area contributed by atoms with Crippen LogP contribution in [0.5, 0.6) is 11.5 Å². The van der Waals surface area contributed by atoms with Crippen molar-refractivity contribution in [2.45, 2.75) is 39.8 Å². The normalized spacial score (nSPS) is 19.7. The number of aromatic nitrogens is 1. The Labute approximate surface area is 212 Å². The highest BCUT2D eigenvalue weighted by Crippen LogP contribution is 2.37. The molecule has 0 bridgehead atoms. The second-order valence-corrected chi connectivity index (χ2v) is 10.7. The Balaban J connectivity index is 1.55. The molecule has 3 aliphatic rings. The van der Waals surface area contributed by atoms with E-state index >= 15 is 0 Å². The number of aliphatic imine (C=N–C) groups is 1. The largest absolute Gasteiger partial charge is 0.497 e. The van der Waals surface area contributed by atoms with Crippen LogP contribution in [-0.4, -0.2) is 74.9 Å². The van der Waals surface area contributed by atoms with Crippen LogP contribution >= 0.6 is 0 Å². The van der Waals surface area contributed by atoms with Crippen LogP contribution in [0.15, 0.2) is 35.5 Å². The van der Waals surface area contributed by atoms with Gasteiger partial charge in [-0.2, -0.15) is 0 Å². The van der Waals surface area contributed by atoms with E-state index in [4.69, 9.17) is 24.2 Å². The predicted molar refractivity (Wildman–Crippen MR) is 139 cm³/mol. The summed E-state index contributed by atoms with van der Waals surface area (Å²) < 4.78 is 16.5. The molecule has 2 amide bonds. The fraction of sp³-hybridized carbons (Fsp3) is 0.519. The maximum absolute atomic E-state index is 13.9. The summed E-state index contributed by atoms with van der Waals surface area (Å²) >= 11 is 0. The van der Waals surface area contributed by atoms with Crippen LogP contribution in [0.1, 0.15) is 38.4 Å². The van der Waals surface area contributed by atoms with Crippen LogP contribution in [0.3, 0.4) is 0 Å². The summed E-state index contributed by atoms with van der Waals surface area (Å²) in [6.45, 7) is 10.5. The van der Waals surface area contributed by atoms with Crippen LogP contribution < -0.4 is 19.3 Å². The number of benzene rings is 1. The molecular formula is C27H35N5O4. The van der Waals surface area contributed by atoms with Crippen molar-refractivity contribution < 1.29 is 19.0 Å². The number of carbonyl (C=O) groups is 1. The Kier molecular flexibility index (Phi) is 6.51. The molecule has 4 heterocycles. The first-order chi connectivity index (χ1) is 17.3. The molecule has 3 aliphatic heterocycles. The molecule has 1 atom stereocenters. The molecule has 36 heavy (non-hydrogen) atoms. The molecule has 0 aliphatic carbocycles. The maximum atomic E-state index is 13.9. The van der Waals surface area contributed by atoms with Crippen molar-refractivity contribution >= 4 is 23.2 Å². The topological polar surface area (TPSA) is 79.7 Å². The first-order valence-electron chi connectivity index (χ1n) is 12.5. The standard InChI is InChI=1S/C27H35N5O4/c1-27(2,3)14-19-17-32-25(29-19)24-23(12-20(15-28-24)30-6-8-36-9-7-30)31(26(32)33)16-18-10-21(34-4)13-22(11-18)35-5/h10-13,15,19H,6-9,14,16-17H2,1-5H3. The van der Waals surface area contributed by atoms with Crippen LogP contribution in [0.25, 0.3) is 0 Å². The summed E-state index contributed by atoms with van der Waals surface area (Å²) in [5, 5.41) is 0. The molecule has 9 nitrogen and oxygen atoms in total. The first kappa shape index (κ1) is 24.4. The van der Waals surface area contributed by atoms with Gasteiger partial charge in [0.1, 0.15) is 17.2 Å². The SMILES string of the molecule is COc1cc(CN2C(=O)N3CC(CC(C)(C)C)N=C3c3ncc(N4CCOCC4)cc32)cc(OC)c1. The maximum Gasteiger partial charge on any atom is 0.330 e. The Hall–Kier alpha value is -3.33. The van der Waals surface area contributed by atoms with E-state index < -0.39 is 0 Å². The van der Waals surface area contributed by atoms with Crippen LogP contribution in [0.2, 0.25) is 0 Å². The summed E-state index contributed by atoms with van der Waals surface area (Å²) in [6, 6.07) is 7.74. The highest BCUT2D eigenvalue weighted by Gasteiger charge is 2.42. The highest BCUT2D eigenvalue weighted by molar-refractivity contribution is 6.19. The quantitative estimate of drug-likeness (QED) is 0.607. The van der Waals surface area contributed by atoms with E-state index in [0.29, 0.717) is 43.6 Å². The average Bonchev–Trinajstić information content (AvgIpc) is 3.29. The minimum atomic E-state index is -0.0830. The van der Waals surface area contributed by atoms with E-state index in [2.05, 4.69) is 31.7 Å². The molecule has 2 aromatic rings. The van der Waals surface area contributed by atoms with E-state index in [1.165, 1.54) is 0 Å². The Morgan fingerprint density at radius 3 is 2.39 bits per heavy atom. The van der Waals surface area contributed by atoms with Crippen molar-refractivity contribution in [3.05, 3.63) is 41.7 Å². The van der Waals surface area contributed by atoms with Gasteiger partial charge in [0, 0.05) is 19.2 Å². The van der Waals surface area contributed by atoms with Gasteiger partial charge < -0.3 is 19.1 Å². The summed E-state index contributed by atoms with van der Waals surface area (Å²) in [4.78, 5) is 29.6. The molecule has 1 fully saturated rings. The number of hydrogen-bond acceptors (Lipinski definition) is 7. The predicted octanol–water partition coefficient (Wildman–Crippen LogP) is 3.94. The lowest BCUT2D eigenvalue weighted by molar-refractivity contribution is 0.122. The van der Waals surface area contributed by atoms with Crippen molar-refractivity contribution in [2.24, 2.45) is 10.4 Å². The molecular weight excluding hydrogens is 458 g/mol. The number of rotatable bonds is 6. The van der Waals surface area contributed by atoms with E-state index in [-0.39, 0.29) is 17.5 Å². The van der Waals surface area contributed by atoms with Gasteiger partial charge in [-0.15, -0.1) is 0 Å². The molecule has 9 heteroatoms. The molecule has 0 spiro atoms. The van der Waals surface area contributed by atoms with Gasteiger partial charge >= 0.3 is 6.03 Å². The fourth-order valence-corrected chi connectivity index (χ4v) is 5.11. The summed E-state index contributed by atoms with van der Waals surface area (Å²) in [5.74, 6) is 2.04. The van der Waals surface area contributed by atoms with Gasteiger partial charge in [-0.05, 0) is 35.6 Å². The Bertz CT molecular complexity index is 1150. The number of fused-ring (bicyclic) bond motifs is 3. The van der Waals surface area contributed by atoms with Crippen LogP contribution in [0.4, 0.5) is 16.2 Å². The van der Waals surface area contributed by atoms with Gasteiger partial charge in [-0.1, -0.05) is 20.8 Å². The molecule has 1 aromatic heterocycles. The minimum absolute atomic E-state index is 0.0504. The number of hydrogen-bond donors (Lipinski definition) is 0. The molecule has 0 N–H and O–H groups in total. The first-order valence-corrected chi connectivity index (χ1v) is 12.5. The lowest BCUT2D eigenvalue weighted by atomic mass is 9.88. The molecule has 1 unspecified atom stereocenters. The lowest BCUT2D eigenvalue weighted by Gasteiger charge is -2.36. The molecule has 192 valence electrons. The fourth-order valence-electron chi connectivity index (χ4n) is 5.11. The summed E-state index contributed by atoms with van der Waals surface area (Å²) in [7, 11) is 3.25. The van der Waals surface area contributed by atoms with E-state index in [1.54, 1.807) is 24.0 Å². The van der Waals surface area contributed by atoms with Crippen molar-refractivity contribution in [3.8, 4) is 11.5 Å². The summed E-state index contributed by atoms with van der Waals surface area (Å²) in [5.41, 5.74) is 3.53. The third kappa shape index (κ3) is 4.84. The van der Waals surface area contributed by atoms with Gasteiger partial charge in [0.25, 0.3) is 0 Å². The number of carbonyl (C=O) groups excluding carboxylic acids is 1. The van der Waals surface area contributed by atoms with Crippen molar-refractivity contribution in [1.29, 1.82) is 0 Å². The lowest BCUT2D eigenvalue weighted by Crippen LogP contribution is -2.50. The van der Waals surface area contributed by atoms with Gasteiger partial charge in [0.15, 0.2) is 5.84 Å². The van der Waals surface area contributed by atoms with Crippen LogP contribution in [0, 0.1) is 5.41 Å². The number of morpholine rings is 1. The highest BCUT2D eigenvalue weighted by atomic mass is 16.5. The zero-order valence-corrected chi connectivity index (χ0v) is 21.8. The number of methoxy groups -OCH3 is 2. The van der Waals surface area contributed by atoms with E-state index in [9.17, 15) is 4.79 Å². The van der Waals surface area contributed by atoms with Crippen molar-refractivity contribution in [3.63, 3.8) is 0 Å². The van der Waals surface area contributed by atoms with E-state index in [1.807, 2.05) is 24.4 Å². The number of amidine groups is 1. The monoisotopic (exact) mass is 493 g/mol. The molecule has 5 rings (SSSR count). The Morgan fingerprint density at radius 1 is 1.06 bits per heavy atom. The second kappa shape index (κ2) is 9.61. The zero-order chi connectivity index (χ0) is 25.4. The van der Waals surface area contributed by atoms with Gasteiger partial charge in [-0.3, -0.25) is 14.8 Å². The van der Waals surface area contributed by atoms with Gasteiger partial charge in [0.2, 0.25) is 0 Å². The molecule has 0 saturated carbocycles. The van der Waals surface area contributed by atoms with Gasteiger partial charge in [0.05, 0.1) is 64.1 Å². The molecule has 1 aromatic carbocycles. The van der Waals surface area contributed by atoms with E-state index in [0.717, 1.165) is 42.1 Å². The minimum Gasteiger partial charge on any atom is -0.497 e. The number of pyridine rings is 1. The molecule has 1 saturated heterocycles. The second-order valence-electron chi connectivity index (χ2n) is 10.7. The summed E-state index contributed by atoms with van der Waals surface area (Å²) in [6.07, 6.45) is 2.79. The molecule has 0 radical (unpaired) electrons. The number of anilines is 2. The zero-order valence-electron chi connectivity index (χ0n) is 21.8. The van der Waals surface area contributed by atoms with Gasteiger partial charge in [-0.25, -0.2) is 9.78 Å².